The first kappa shape index (κ1) is 18.4. The molecule has 0 fully saturated rings. The molecule has 0 aliphatic carbocycles. The zero-order valence-corrected chi connectivity index (χ0v) is 13.4. The zero-order valence-electron chi connectivity index (χ0n) is 13.4. The third-order valence-electron chi connectivity index (χ3n) is 3.48. The molecule has 0 saturated heterocycles. The van der Waals surface area contributed by atoms with Crippen LogP contribution in [-0.2, 0) is 4.79 Å². The second-order valence-electron chi connectivity index (χ2n) is 6.17. The van der Waals surface area contributed by atoms with Crippen molar-refractivity contribution in [2.75, 3.05) is 26.7 Å². The van der Waals surface area contributed by atoms with Crippen molar-refractivity contribution in [3.8, 4) is 0 Å². The number of nitrogens with zero attached hydrogens (tertiary/aromatic N) is 1. The van der Waals surface area contributed by atoms with Crippen molar-refractivity contribution in [1.82, 2.24) is 10.2 Å². The van der Waals surface area contributed by atoms with E-state index in [1.807, 2.05) is 0 Å². The maximum Gasteiger partial charge on any atom is 0.221 e. The van der Waals surface area contributed by atoms with Crippen molar-refractivity contribution in [1.29, 1.82) is 0 Å². The molecule has 4 heteroatoms. The van der Waals surface area contributed by atoms with Crippen LogP contribution in [0.4, 0.5) is 0 Å². The first-order chi connectivity index (χ1) is 8.90. The highest BCUT2D eigenvalue weighted by molar-refractivity contribution is 5.76. The van der Waals surface area contributed by atoms with Crippen LogP contribution < -0.4 is 11.1 Å². The first-order valence-electron chi connectivity index (χ1n) is 7.55. The fourth-order valence-corrected chi connectivity index (χ4v) is 2.00. The van der Waals surface area contributed by atoms with E-state index in [2.05, 4.69) is 37.9 Å². The van der Waals surface area contributed by atoms with Gasteiger partial charge in [-0.05, 0) is 37.8 Å². The monoisotopic (exact) mass is 271 g/mol. The number of nitrogens with two attached hydrogens (primary N) is 1. The molecule has 19 heavy (non-hydrogen) atoms. The average molecular weight is 271 g/mol. The Kier molecular flexibility index (Phi) is 9.88. The molecular formula is C15H33N3O. The average Bonchev–Trinajstić information content (AvgIpc) is 2.35. The lowest BCUT2D eigenvalue weighted by atomic mass is 10.1. The van der Waals surface area contributed by atoms with Gasteiger partial charge in [-0.1, -0.05) is 27.7 Å². The Morgan fingerprint density at radius 2 is 1.58 bits per heavy atom. The van der Waals surface area contributed by atoms with E-state index < -0.39 is 0 Å². The molecule has 0 heterocycles. The van der Waals surface area contributed by atoms with Gasteiger partial charge in [0.2, 0.25) is 5.91 Å². The maximum absolute atomic E-state index is 11.6. The summed E-state index contributed by atoms with van der Waals surface area (Å²) >= 11 is 0. The van der Waals surface area contributed by atoms with Crippen LogP contribution in [-0.4, -0.2) is 43.5 Å². The summed E-state index contributed by atoms with van der Waals surface area (Å²) in [5.74, 6) is 1.44. The first-order valence-corrected chi connectivity index (χ1v) is 7.55. The van der Waals surface area contributed by atoms with Crippen molar-refractivity contribution in [3.63, 3.8) is 0 Å². The largest absolute Gasteiger partial charge is 0.359 e. The van der Waals surface area contributed by atoms with Gasteiger partial charge in [0.1, 0.15) is 0 Å². The normalized spacial score (nSPS) is 13.3. The van der Waals surface area contributed by atoms with E-state index in [1.165, 1.54) is 0 Å². The topological polar surface area (TPSA) is 58.4 Å². The Labute approximate surface area is 119 Å². The van der Waals surface area contributed by atoms with Crippen LogP contribution >= 0.6 is 0 Å². The molecule has 1 unspecified atom stereocenters. The predicted octanol–water partition coefficient (Wildman–Crippen LogP) is 1.84. The summed E-state index contributed by atoms with van der Waals surface area (Å²) in [6.07, 6.45) is 2.81. The van der Waals surface area contributed by atoms with E-state index in [-0.39, 0.29) is 11.9 Å². The molecule has 0 radical (unpaired) electrons. The van der Waals surface area contributed by atoms with Gasteiger partial charge >= 0.3 is 0 Å². The summed E-state index contributed by atoms with van der Waals surface area (Å²) in [7, 11) is 1.68. The Hall–Kier alpha value is -0.610. The summed E-state index contributed by atoms with van der Waals surface area (Å²) in [5, 5.41) is 2.69. The van der Waals surface area contributed by atoms with Gasteiger partial charge in [0, 0.05) is 26.1 Å². The van der Waals surface area contributed by atoms with Gasteiger partial charge in [-0.25, -0.2) is 0 Å². The van der Waals surface area contributed by atoms with Crippen LogP contribution in [0.3, 0.4) is 0 Å². The molecule has 1 atom stereocenters. The van der Waals surface area contributed by atoms with Crippen LogP contribution in [0.5, 0.6) is 0 Å². The van der Waals surface area contributed by atoms with E-state index in [9.17, 15) is 4.79 Å². The lowest BCUT2D eigenvalue weighted by molar-refractivity contribution is -0.121. The van der Waals surface area contributed by atoms with E-state index in [4.69, 9.17) is 5.73 Å². The molecule has 0 rings (SSSR count). The minimum absolute atomic E-state index is 0.0783. The molecular weight excluding hydrogens is 238 g/mol. The quantitative estimate of drug-likeness (QED) is 0.637. The lowest BCUT2D eigenvalue weighted by Crippen LogP contribution is -2.45. The lowest BCUT2D eigenvalue weighted by Gasteiger charge is -2.31. The van der Waals surface area contributed by atoms with Crippen molar-refractivity contribution >= 4 is 5.91 Å². The van der Waals surface area contributed by atoms with E-state index in [1.54, 1.807) is 7.05 Å². The highest BCUT2D eigenvalue weighted by Gasteiger charge is 2.20. The molecule has 3 N–H and O–H groups in total. The Morgan fingerprint density at radius 3 is 1.89 bits per heavy atom. The van der Waals surface area contributed by atoms with Gasteiger partial charge in [0.05, 0.1) is 0 Å². The standard InChI is InChI=1S/C15H33N3O/c1-12(2)6-8-18(9-7-13(3)4)14(11-16)10-15(19)17-5/h12-14H,6-11,16H2,1-5H3,(H,17,19). The number of nitrogens with one attached hydrogen (secondary N) is 1. The van der Waals surface area contributed by atoms with Crippen LogP contribution in [0.2, 0.25) is 0 Å². The summed E-state index contributed by atoms with van der Waals surface area (Å²) in [6.45, 7) is 11.5. The van der Waals surface area contributed by atoms with E-state index in [0.717, 1.165) is 25.9 Å². The molecule has 0 spiro atoms. The van der Waals surface area contributed by atoms with Crippen molar-refractivity contribution in [2.24, 2.45) is 17.6 Å². The molecule has 4 nitrogen and oxygen atoms in total. The summed E-state index contributed by atoms with van der Waals surface area (Å²) in [6, 6.07) is 0.164. The number of amides is 1. The number of carbonyl (C=O) groups is 1. The molecule has 0 bridgehead atoms. The molecule has 0 aliphatic rings. The number of hydrogen-bond donors (Lipinski definition) is 2. The van der Waals surface area contributed by atoms with E-state index >= 15 is 0 Å². The molecule has 0 aromatic carbocycles. The fraction of sp³-hybridized carbons (Fsp3) is 0.933. The minimum Gasteiger partial charge on any atom is -0.359 e. The van der Waals surface area contributed by atoms with Gasteiger partial charge in [-0.3, -0.25) is 9.69 Å². The van der Waals surface area contributed by atoms with Crippen LogP contribution in [0.15, 0.2) is 0 Å². The number of carbonyl (C=O) groups excluding carboxylic acids is 1. The minimum atomic E-state index is 0.0783. The van der Waals surface area contributed by atoms with E-state index in [0.29, 0.717) is 24.8 Å². The molecule has 0 saturated carbocycles. The van der Waals surface area contributed by atoms with Crippen molar-refractivity contribution < 1.29 is 4.79 Å². The Morgan fingerprint density at radius 1 is 1.11 bits per heavy atom. The predicted molar refractivity (Wildman–Crippen MR) is 82.0 cm³/mol. The van der Waals surface area contributed by atoms with Gasteiger partial charge in [0.15, 0.2) is 0 Å². The van der Waals surface area contributed by atoms with Gasteiger partial charge in [-0.2, -0.15) is 0 Å². The summed E-state index contributed by atoms with van der Waals surface area (Å²) in [5.41, 5.74) is 5.87. The van der Waals surface area contributed by atoms with Crippen molar-refractivity contribution in [2.45, 2.75) is 53.0 Å². The number of hydrogen-bond acceptors (Lipinski definition) is 3. The summed E-state index contributed by atoms with van der Waals surface area (Å²) in [4.78, 5) is 14.0. The highest BCUT2D eigenvalue weighted by Crippen LogP contribution is 2.11. The van der Waals surface area contributed by atoms with Gasteiger partial charge in [0.25, 0.3) is 0 Å². The summed E-state index contributed by atoms with van der Waals surface area (Å²) < 4.78 is 0. The number of rotatable bonds is 10. The fourth-order valence-electron chi connectivity index (χ4n) is 2.00. The third-order valence-corrected chi connectivity index (χ3v) is 3.48. The smallest absolute Gasteiger partial charge is 0.221 e. The third kappa shape index (κ3) is 9.00. The zero-order chi connectivity index (χ0) is 14.8. The second kappa shape index (κ2) is 10.2. The molecule has 0 aromatic rings. The van der Waals surface area contributed by atoms with Crippen LogP contribution in [0.25, 0.3) is 0 Å². The maximum atomic E-state index is 11.6. The molecule has 0 aromatic heterocycles. The molecule has 1 amide bonds. The van der Waals surface area contributed by atoms with Crippen LogP contribution in [0, 0.1) is 11.8 Å². The molecule has 0 aliphatic heterocycles. The van der Waals surface area contributed by atoms with Gasteiger partial charge in [-0.15, -0.1) is 0 Å². The Balaban J connectivity index is 4.50. The Bertz CT molecular complexity index is 230. The van der Waals surface area contributed by atoms with Crippen molar-refractivity contribution in [3.05, 3.63) is 0 Å². The van der Waals surface area contributed by atoms with Gasteiger partial charge < -0.3 is 11.1 Å². The highest BCUT2D eigenvalue weighted by atomic mass is 16.1. The van der Waals surface area contributed by atoms with Crippen LogP contribution in [0.1, 0.15) is 47.0 Å². The SMILES string of the molecule is CNC(=O)CC(CN)N(CCC(C)C)CCC(C)C. The second-order valence-corrected chi connectivity index (χ2v) is 6.17. The molecule has 114 valence electrons.